The van der Waals surface area contributed by atoms with Gasteiger partial charge in [-0.3, -0.25) is 0 Å². The van der Waals surface area contributed by atoms with Crippen molar-refractivity contribution >= 4 is 17.5 Å². The largest absolute Gasteiger partial charge is 0.495 e. The molecule has 1 N–H and O–H groups in total. The number of benzene rings is 1. The van der Waals surface area contributed by atoms with Crippen LogP contribution in [0.5, 0.6) is 5.75 Å². The van der Waals surface area contributed by atoms with Crippen molar-refractivity contribution in [2.75, 3.05) is 61.6 Å². The molecule has 7 nitrogen and oxygen atoms in total. The molecule has 2 aliphatic rings. The Bertz CT molecular complexity index is 743. The number of nitrogens with one attached hydrogen (secondary N) is 1. The molecule has 1 unspecified atom stereocenters. The van der Waals surface area contributed by atoms with Gasteiger partial charge in [-0.1, -0.05) is 12.1 Å². The Morgan fingerprint density at radius 2 is 1.96 bits per heavy atom. The Balaban J connectivity index is 1.35. The second kappa shape index (κ2) is 8.43. The third-order valence-electron chi connectivity index (χ3n) is 5.18. The molecule has 3 heterocycles. The highest BCUT2D eigenvalue weighted by Gasteiger charge is 2.21. The van der Waals surface area contributed by atoms with Gasteiger partial charge in [-0.2, -0.15) is 4.98 Å². The van der Waals surface area contributed by atoms with E-state index in [0.29, 0.717) is 5.95 Å². The van der Waals surface area contributed by atoms with Crippen LogP contribution in [0.15, 0.2) is 36.5 Å². The number of para-hydroxylation sites is 2. The Kier molecular flexibility index (Phi) is 5.58. The fourth-order valence-corrected chi connectivity index (χ4v) is 3.69. The number of nitrogens with zero attached hydrogens (tertiary/aromatic N) is 4. The summed E-state index contributed by atoms with van der Waals surface area (Å²) < 4.78 is 11.2. The number of anilines is 3. The van der Waals surface area contributed by atoms with E-state index < -0.39 is 0 Å². The van der Waals surface area contributed by atoms with Gasteiger partial charge in [0.15, 0.2) is 0 Å². The summed E-state index contributed by atoms with van der Waals surface area (Å²) in [5, 5.41) is 3.31. The Hall–Kier alpha value is -2.54. The number of rotatable bonds is 6. The molecule has 2 aromatic rings. The van der Waals surface area contributed by atoms with Gasteiger partial charge < -0.3 is 24.6 Å². The van der Waals surface area contributed by atoms with Gasteiger partial charge in [0.05, 0.1) is 18.9 Å². The molecule has 0 bridgehead atoms. The molecule has 0 amide bonds. The summed E-state index contributed by atoms with van der Waals surface area (Å²) in [7, 11) is 1.72. The highest BCUT2D eigenvalue weighted by Crippen LogP contribution is 2.29. The van der Waals surface area contributed by atoms with E-state index >= 15 is 0 Å². The van der Waals surface area contributed by atoms with E-state index in [-0.39, 0.29) is 6.10 Å². The third-order valence-corrected chi connectivity index (χ3v) is 5.18. The van der Waals surface area contributed by atoms with Crippen molar-refractivity contribution in [3.63, 3.8) is 0 Å². The van der Waals surface area contributed by atoms with E-state index in [4.69, 9.17) is 14.5 Å². The molecule has 1 aromatic heterocycles. The smallest absolute Gasteiger partial charge is 0.224 e. The van der Waals surface area contributed by atoms with Crippen molar-refractivity contribution in [2.24, 2.45) is 0 Å². The Labute approximate surface area is 160 Å². The van der Waals surface area contributed by atoms with Crippen LogP contribution in [0.4, 0.5) is 17.5 Å². The first-order valence-electron chi connectivity index (χ1n) is 9.65. The summed E-state index contributed by atoms with van der Waals surface area (Å²) >= 11 is 0. The molecular weight excluding hydrogens is 342 g/mol. The summed E-state index contributed by atoms with van der Waals surface area (Å²) in [5.74, 6) is 2.57. The highest BCUT2D eigenvalue weighted by atomic mass is 16.5. The molecular formula is C20H27N5O2. The molecule has 0 saturated carbocycles. The minimum absolute atomic E-state index is 0.279. The van der Waals surface area contributed by atoms with Gasteiger partial charge in [0.2, 0.25) is 5.95 Å². The number of aromatic nitrogens is 2. The topological polar surface area (TPSA) is 62.8 Å². The molecule has 1 atom stereocenters. The molecule has 0 spiro atoms. The third kappa shape index (κ3) is 4.24. The van der Waals surface area contributed by atoms with Crippen LogP contribution < -0.4 is 19.9 Å². The van der Waals surface area contributed by atoms with Gasteiger partial charge in [0.25, 0.3) is 0 Å². The van der Waals surface area contributed by atoms with E-state index in [1.165, 1.54) is 0 Å². The van der Waals surface area contributed by atoms with Gasteiger partial charge in [0, 0.05) is 45.5 Å². The number of methoxy groups -OCH3 is 1. The molecule has 27 heavy (non-hydrogen) atoms. The maximum absolute atomic E-state index is 5.65. The molecule has 144 valence electrons. The summed E-state index contributed by atoms with van der Waals surface area (Å²) in [6.07, 6.45) is 4.36. The summed E-state index contributed by atoms with van der Waals surface area (Å²) in [6, 6.07) is 10.2. The number of hydrogen-bond acceptors (Lipinski definition) is 7. The SMILES string of the molecule is COc1ccccc1N1CCN(c2ccnc(NCC3CCCO3)n2)CC1. The second-order valence-corrected chi connectivity index (χ2v) is 6.90. The minimum Gasteiger partial charge on any atom is -0.495 e. The van der Waals surface area contributed by atoms with Crippen LogP contribution in [0.2, 0.25) is 0 Å². The number of piperazine rings is 1. The predicted molar refractivity (Wildman–Crippen MR) is 107 cm³/mol. The van der Waals surface area contributed by atoms with E-state index in [1.54, 1.807) is 7.11 Å². The van der Waals surface area contributed by atoms with E-state index in [2.05, 4.69) is 32.2 Å². The van der Waals surface area contributed by atoms with Crippen molar-refractivity contribution in [2.45, 2.75) is 18.9 Å². The van der Waals surface area contributed by atoms with Gasteiger partial charge in [-0.15, -0.1) is 0 Å². The van der Waals surface area contributed by atoms with Gasteiger partial charge in [-0.25, -0.2) is 4.98 Å². The van der Waals surface area contributed by atoms with Crippen molar-refractivity contribution in [3.05, 3.63) is 36.5 Å². The second-order valence-electron chi connectivity index (χ2n) is 6.90. The standard InChI is InChI=1S/C20H27N5O2/c1-26-18-7-3-2-6-17(18)24-10-12-25(13-11-24)19-8-9-21-20(23-19)22-15-16-5-4-14-27-16/h2-3,6-9,16H,4-5,10-15H2,1H3,(H,21,22,23). The molecule has 0 radical (unpaired) electrons. The lowest BCUT2D eigenvalue weighted by Gasteiger charge is -2.37. The molecule has 2 saturated heterocycles. The zero-order valence-corrected chi connectivity index (χ0v) is 15.8. The molecule has 1 aromatic carbocycles. The van der Waals surface area contributed by atoms with Gasteiger partial charge in [0.1, 0.15) is 11.6 Å². The fourth-order valence-electron chi connectivity index (χ4n) is 3.69. The summed E-state index contributed by atoms with van der Waals surface area (Å²) in [4.78, 5) is 13.7. The molecule has 4 rings (SSSR count). The van der Waals surface area contributed by atoms with Crippen molar-refractivity contribution in [3.8, 4) is 5.75 Å². The average molecular weight is 369 g/mol. The monoisotopic (exact) mass is 369 g/mol. The fraction of sp³-hybridized carbons (Fsp3) is 0.500. The first-order valence-corrected chi connectivity index (χ1v) is 9.65. The summed E-state index contributed by atoms with van der Waals surface area (Å²) in [5.41, 5.74) is 1.15. The van der Waals surface area contributed by atoms with Gasteiger partial charge >= 0.3 is 0 Å². The Morgan fingerprint density at radius 1 is 1.15 bits per heavy atom. The van der Waals surface area contributed by atoms with Crippen molar-refractivity contribution < 1.29 is 9.47 Å². The van der Waals surface area contributed by atoms with Gasteiger partial charge in [-0.05, 0) is 31.0 Å². The summed E-state index contributed by atoms with van der Waals surface area (Å²) in [6.45, 7) is 5.33. The van der Waals surface area contributed by atoms with E-state index in [0.717, 1.165) is 69.4 Å². The molecule has 0 aliphatic carbocycles. The molecule has 2 fully saturated rings. The lowest BCUT2D eigenvalue weighted by Crippen LogP contribution is -2.47. The number of hydrogen-bond donors (Lipinski definition) is 1. The predicted octanol–water partition coefficient (Wildman–Crippen LogP) is 2.40. The molecule has 2 aliphatic heterocycles. The van der Waals surface area contributed by atoms with Crippen LogP contribution in [0, 0.1) is 0 Å². The lowest BCUT2D eigenvalue weighted by molar-refractivity contribution is 0.120. The van der Waals surface area contributed by atoms with Crippen LogP contribution in [-0.2, 0) is 4.74 Å². The van der Waals surface area contributed by atoms with Crippen molar-refractivity contribution in [1.82, 2.24) is 9.97 Å². The first kappa shape index (κ1) is 17.9. The zero-order valence-electron chi connectivity index (χ0n) is 15.8. The van der Waals surface area contributed by atoms with Crippen LogP contribution >= 0.6 is 0 Å². The number of ether oxygens (including phenoxy) is 2. The normalized spacial score (nSPS) is 20.0. The van der Waals surface area contributed by atoms with E-state index in [9.17, 15) is 0 Å². The average Bonchev–Trinajstić information content (AvgIpc) is 3.26. The highest BCUT2D eigenvalue weighted by molar-refractivity contribution is 5.59. The Morgan fingerprint density at radius 3 is 2.74 bits per heavy atom. The zero-order chi connectivity index (χ0) is 18.5. The lowest BCUT2D eigenvalue weighted by atomic mass is 10.2. The first-order chi connectivity index (χ1) is 13.3. The van der Waals surface area contributed by atoms with Crippen LogP contribution in [0.3, 0.4) is 0 Å². The van der Waals surface area contributed by atoms with Crippen LogP contribution in [0.1, 0.15) is 12.8 Å². The maximum atomic E-state index is 5.65. The van der Waals surface area contributed by atoms with Crippen molar-refractivity contribution in [1.29, 1.82) is 0 Å². The maximum Gasteiger partial charge on any atom is 0.224 e. The van der Waals surface area contributed by atoms with E-state index in [1.807, 2.05) is 24.4 Å². The minimum atomic E-state index is 0.279. The van der Waals surface area contributed by atoms with Crippen LogP contribution in [0.25, 0.3) is 0 Å². The quantitative estimate of drug-likeness (QED) is 0.839. The molecule has 7 heteroatoms. The van der Waals surface area contributed by atoms with Crippen LogP contribution in [-0.4, -0.2) is 62.5 Å².